The Balaban J connectivity index is 1.97. The number of carbonyl (C=O) groups excluding carboxylic acids is 2. The lowest BCUT2D eigenvalue weighted by molar-refractivity contribution is -0.142. The molecule has 2 aromatic heterocycles. The molecule has 0 saturated carbocycles. The van der Waals surface area contributed by atoms with Crippen LogP contribution in [0.4, 0.5) is 0 Å². The molecule has 0 atom stereocenters. The third kappa shape index (κ3) is 3.91. The Labute approximate surface area is 120 Å². The van der Waals surface area contributed by atoms with Crippen molar-refractivity contribution < 1.29 is 23.5 Å². The summed E-state index contributed by atoms with van der Waals surface area (Å²) in [4.78, 5) is 22.6. The van der Waals surface area contributed by atoms with Gasteiger partial charge in [-0.1, -0.05) is 5.21 Å². The third-order valence-electron chi connectivity index (χ3n) is 2.58. The van der Waals surface area contributed by atoms with Crippen molar-refractivity contribution in [2.75, 3.05) is 13.7 Å². The molecule has 0 amide bonds. The summed E-state index contributed by atoms with van der Waals surface area (Å²) in [5.41, 5.74) is 0.508. The van der Waals surface area contributed by atoms with Crippen molar-refractivity contribution in [3.8, 4) is 0 Å². The van der Waals surface area contributed by atoms with Crippen LogP contribution in [0.2, 0.25) is 0 Å². The zero-order valence-corrected chi connectivity index (χ0v) is 11.7. The average molecular weight is 293 g/mol. The smallest absolute Gasteiger partial charge is 0.373 e. The van der Waals surface area contributed by atoms with E-state index in [9.17, 15) is 9.59 Å². The molecule has 21 heavy (non-hydrogen) atoms. The Bertz CT molecular complexity index is 631. The lowest BCUT2D eigenvalue weighted by Crippen LogP contribution is -2.07. The first-order valence-electron chi connectivity index (χ1n) is 6.34. The molecule has 0 saturated heterocycles. The minimum Gasteiger partial charge on any atom is -0.466 e. The first kappa shape index (κ1) is 14.8. The lowest BCUT2D eigenvalue weighted by Gasteiger charge is -1.98. The maximum Gasteiger partial charge on any atom is 0.373 e. The first-order chi connectivity index (χ1) is 10.1. The number of ether oxygens (including phenoxy) is 2. The van der Waals surface area contributed by atoms with Crippen molar-refractivity contribution in [3.05, 3.63) is 35.5 Å². The van der Waals surface area contributed by atoms with Crippen LogP contribution in [0, 0.1) is 0 Å². The molecule has 112 valence electrons. The van der Waals surface area contributed by atoms with E-state index < -0.39 is 5.97 Å². The monoisotopic (exact) mass is 293 g/mol. The van der Waals surface area contributed by atoms with E-state index in [1.807, 2.05) is 0 Å². The van der Waals surface area contributed by atoms with Crippen LogP contribution in [0.5, 0.6) is 0 Å². The van der Waals surface area contributed by atoms with E-state index in [-0.39, 0.29) is 18.2 Å². The van der Waals surface area contributed by atoms with E-state index >= 15 is 0 Å². The number of hydrogen-bond acceptors (Lipinski definition) is 7. The molecule has 2 aromatic rings. The lowest BCUT2D eigenvalue weighted by atomic mass is 10.3. The largest absolute Gasteiger partial charge is 0.466 e. The van der Waals surface area contributed by atoms with Gasteiger partial charge in [0.15, 0.2) is 0 Å². The number of esters is 2. The standard InChI is InChI=1S/C13H15N3O5/c1-3-20-12(17)6-9-7-16(15-14-9)8-10-4-5-11(21-10)13(18)19-2/h4-5,7H,3,6,8H2,1-2H3. The molecular weight excluding hydrogens is 278 g/mol. The Kier molecular flexibility index (Phi) is 4.70. The number of hydrogen-bond donors (Lipinski definition) is 0. The topological polar surface area (TPSA) is 96.5 Å². The molecule has 0 N–H and O–H groups in total. The quantitative estimate of drug-likeness (QED) is 0.727. The highest BCUT2D eigenvalue weighted by molar-refractivity contribution is 5.86. The predicted octanol–water partition coefficient (Wildman–Crippen LogP) is 0.812. The highest BCUT2D eigenvalue weighted by Crippen LogP contribution is 2.10. The van der Waals surface area contributed by atoms with Crippen LogP contribution in [-0.4, -0.2) is 40.6 Å². The fourth-order valence-electron chi connectivity index (χ4n) is 1.69. The highest BCUT2D eigenvalue weighted by Gasteiger charge is 2.13. The number of rotatable bonds is 6. The Morgan fingerprint density at radius 2 is 2.19 bits per heavy atom. The van der Waals surface area contributed by atoms with Gasteiger partial charge in [-0.2, -0.15) is 0 Å². The Morgan fingerprint density at radius 3 is 2.90 bits per heavy atom. The number of carbonyl (C=O) groups is 2. The van der Waals surface area contributed by atoms with Crippen molar-refractivity contribution in [1.82, 2.24) is 15.0 Å². The van der Waals surface area contributed by atoms with Gasteiger partial charge >= 0.3 is 11.9 Å². The van der Waals surface area contributed by atoms with Gasteiger partial charge in [0, 0.05) is 6.20 Å². The van der Waals surface area contributed by atoms with Crippen LogP contribution < -0.4 is 0 Å². The van der Waals surface area contributed by atoms with Crippen molar-refractivity contribution in [3.63, 3.8) is 0 Å². The van der Waals surface area contributed by atoms with E-state index in [1.165, 1.54) is 17.9 Å². The number of methoxy groups -OCH3 is 1. The summed E-state index contributed by atoms with van der Waals surface area (Å²) in [5.74, 6) is -0.235. The molecule has 8 nitrogen and oxygen atoms in total. The number of furan rings is 1. The molecule has 0 unspecified atom stereocenters. The zero-order chi connectivity index (χ0) is 15.2. The maximum absolute atomic E-state index is 11.3. The highest BCUT2D eigenvalue weighted by atomic mass is 16.5. The molecule has 0 aromatic carbocycles. The summed E-state index contributed by atoms with van der Waals surface area (Å²) in [6, 6.07) is 3.18. The van der Waals surface area contributed by atoms with Gasteiger partial charge in [0.05, 0.1) is 25.8 Å². The van der Waals surface area contributed by atoms with Gasteiger partial charge in [0.2, 0.25) is 5.76 Å². The summed E-state index contributed by atoms with van der Waals surface area (Å²) in [7, 11) is 1.28. The summed E-state index contributed by atoms with van der Waals surface area (Å²) in [6.45, 7) is 2.37. The van der Waals surface area contributed by atoms with Gasteiger partial charge < -0.3 is 13.9 Å². The van der Waals surface area contributed by atoms with Crippen LogP contribution in [0.3, 0.4) is 0 Å². The van der Waals surface area contributed by atoms with Crippen molar-refractivity contribution in [1.29, 1.82) is 0 Å². The molecule has 0 fully saturated rings. The van der Waals surface area contributed by atoms with Gasteiger partial charge in [-0.25, -0.2) is 9.48 Å². The SMILES string of the molecule is CCOC(=O)Cc1cn(Cc2ccc(C(=O)OC)o2)nn1. The van der Waals surface area contributed by atoms with Gasteiger partial charge in [-0.15, -0.1) is 5.10 Å². The van der Waals surface area contributed by atoms with Crippen molar-refractivity contribution in [2.24, 2.45) is 0 Å². The number of aromatic nitrogens is 3. The van der Waals surface area contributed by atoms with Gasteiger partial charge in [-0.05, 0) is 19.1 Å². The van der Waals surface area contributed by atoms with Crippen LogP contribution in [0.1, 0.15) is 28.9 Å². The van der Waals surface area contributed by atoms with Gasteiger partial charge in [0.1, 0.15) is 12.3 Å². The summed E-state index contributed by atoms with van der Waals surface area (Å²) < 4.78 is 16.2. The average Bonchev–Trinajstić information content (AvgIpc) is 3.08. The predicted molar refractivity (Wildman–Crippen MR) is 69.5 cm³/mol. The molecule has 2 rings (SSSR count). The first-order valence-corrected chi connectivity index (χ1v) is 6.34. The van der Waals surface area contributed by atoms with E-state index in [1.54, 1.807) is 19.2 Å². The summed E-state index contributed by atoms with van der Waals surface area (Å²) in [5, 5.41) is 7.75. The van der Waals surface area contributed by atoms with Crippen LogP contribution >= 0.6 is 0 Å². The molecule has 0 radical (unpaired) electrons. The molecule has 0 aliphatic heterocycles. The molecule has 0 spiro atoms. The molecule has 2 heterocycles. The Hall–Kier alpha value is -2.64. The van der Waals surface area contributed by atoms with Crippen molar-refractivity contribution >= 4 is 11.9 Å². The fraction of sp³-hybridized carbons (Fsp3) is 0.385. The molecule has 8 heteroatoms. The molecule has 0 bridgehead atoms. The van der Waals surface area contributed by atoms with E-state index in [2.05, 4.69) is 15.0 Å². The second-order valence-corrected chi connectivity index (χ2v) is 4.15. The van der Waals surface area contributed by atoms with Gasteiger partial charge in [0.25, 0.3) is 0 Å². The van der Waals surface area contributed by atoms with Crippen LogP contribution in [-0.2, 0) is 27.2 Å². The molecular formula is C13H15N3O5. The van der Waals surface area contributed by atoms with Gasteiger partial charge in [-0.3, -0.25) is 4.79 Å². The minimum atomic E-state index is -0.539. The second kappa shape index (κ2) is 6.69. The third-order valence-corrected chi connectivity index (χ3v) is 2.58. The van der Waals surface area contributed by atoms with E-state index in [0.29, 0.717) is 24.6 Å². The van der Waals surface area contributed by atoms with E-state index in [0.717, 1.165) is 0 Å². The minimum absolute atomic E-state index is 0.0689. The maximum atomic E-state index is 11.3. The van der Waals surface area contributed by atoms with Crippen molar-refractivity contribution in [2.45, 2.75) is 19.9 Å². The summed E-state index contributed by atoms with van der Waals surface area (Å²) >= 11 is 0. The fourth-order valence-corrected chi connectivity index (χ4v) is 1.69. The zero-order valence-electron chi connectivity index (χ0n) is 11.7. The van der Waals surface area contributed by atoms with Crippen LogP contribution in [0.25, 0.3) is 0 Å². The molecule has 0 aliphatic carbocycles. The Morgan fingerprint density at radius 1 is 1.38 bits per heavy atom. The van der Waals surface area contributed by atoms with E-state index in [4.69, 9.17) is 9.15 Å². The number of nitrogens with zero attached hydrogens (tertiary/aromatic N) is 3. The molecule has 0 aliphatic rings. The van der Waals surface area contributed by atoms with Crippen LogP contribution in [0.15, 0.2) is 22.7 Å². The summed E-state index contributed by atoms with van der Waals surface area (Å²) in [6.07, 6.45) is 1.69. The normalized spacial score (nSPS) is 10.4. The second-order valence-electron chi connectivity index (χ2n) is 4.15.